The summed E-state index contributed by atoms with van der Waals surface area (Å²) in [6.07, 6.45) is 0. The van der Waals surface area contributed by atoms with Gasteiger partial charge in [0.1, 0.15) is 18.3 Å². The van der Waals surface area contributed by atoms with Crippen LogP contribution in [0.25, 0.3) is 0 Å². The zero-order valence-electron chi connectivity index (χ0n) is 9.18. The number of hydrogen-bond donors (Lipinski definition) is 1. The normalized spacial score (nSPS) is 23.1. The summed E-state index contributed by atoms with van der Waals surface area (Å²) in [5, 5.41) is 0. The van der Waals surface area contributed by atoms with E-state index in [-0.39, 0.29) is 18.6 Å². The van der Waals surface area contributed by atoms with Gasteiger partial charge in [-0.05, 0) is 13.0 Å². The van der Waals surface area contributed by atoms with E-state index in [1.54, 1.807) is 6.92 Å². The Bertz CT molecular complexity index is 392. The van der Waals surface area contributed by atoms with E-state index in [9.17, 15) is 4.79 Å². The summed E-state index contributed by atoms with van der Waals surface area (Å²) < 4.78 is 10.5. The molecule has 0 saturated heterocycles. The van der Waals surface area contributed by atoms with Crippen molar-refractivity contribution in [3.8, 4) is 5.75 Å². The number of rotatable bonds is 2. The van der Waals surface area contributed by atoms with E-state index in [4.69, 9.17) is 15.2 Å². The molecule has 0 radical (unpaired) electrons. The van der Waals surface area contributed by atoms with Crippen molar-refractivity contribution in [2.45, 2.75) is 13.0 Å². The third-order valence-electron chi connectivity index (χ3n) is 2.72. The van der Waals surface area contributed by atoms with E-state index in [0.717, 1.165) is 11.3 Å². The number of carbonyl (C=O) groups is 1. The van der Waals surface area contributed by atoms with Gasteiger partial charge in [0.15, 0.2) is 0 Å². The summed E-state index contributed by atoms with van der Waals surface area (Å²) in [7, 11) is 0. The molecule has 1 aliphatic heterocycles. The fraction of sp³-hybridized carbons (Fsp3) is 0.417. The molecule has 1 heterocycles. The Morgan fingerprint density at radius 2 is 2.31 bits per heavy atom. The molecule has 0 aliphatic carbocycles. The molecule has 1 aromatic rings. The molecule has 0 unspecified atom stereocenters. The molecule has 0 spiro atoms. The molecular formula is C12H15NO3. The van der Waals surface area contributed by atoms with Gasteiger partial charge < -0.3 is 15.2 Å². The molecule has 0 amide bonds. The number of hydrogen-bond acceptors (Lipinski definition) is 4. The molecule has 0 saturated carbocycles. The maximum atomic E-state index is 11.6. The summed E-state index contributed by atoms with van der Waals surface area (Å²) in [4.78, 5) is 11.6. The predicted octanol–water partition coefficient (Wildman–Crippen LogP) is 1.26. The highest BCUT2D eigenvalue weighted by atomic mass is 16.5. The number of nitrogens with two attached hydrogens (primary N) is 1. The number of fused-ring (bicyclic) bond motifs is 1. The zero-order chi connectivity index (χ0) is 11.5. The van der Waals surface area contributed by atoms with Gasteiger partial charge in [-0.15, -0.1) is 0 Å². The minimum absolute atomic E-state index is 0.287. The van der Waals surface area contributed by atoms with Crippen LogP contribution in [-0.4, -0.2) is 19.2 Å². The van der Waals surface area contributed by atoms with Gasteiger partial charge in [-0.1, -0.05) is 18.2 Å². The fourth-order valence-electron chi connectivity index (χ4n) is 1.85. The molecule has 86 valence electrons. The van der Waals surface area contributed by atoms with E-state index >= 15 is 0 Å². The molecule has 4 nitrogen and oxygen atoms in total. The first-order valence-corrected chi connectivity index (χ1v) is 5.38. The van der Waals surface area contributed by atoms with Gasteiger partial charge >= 0.3 is 5.97 Å². The molecule has 2 N–H and O–H groups in total. The standard InChI is InChI=1S/C12H15NO3/c1-2-15-12(14)9-7-16-10-6-4-3-5-8(10)11(9)13/h3-6,9,11H,2,7,13H2,1H3/t9-,11+/m1/s1. The Hall–Kier alpha value is -1.55. The van der Waals surface area contributed by atoms with E-state index in [1.807, 2.05) is 24.3 Å². The third-order valence-corrected chi connectivity index (χ3v) is 2.72. The monoisotopic (exact) mass is 221 g/mol. The Morgan fingerprint density at radius 3 is 3.06 bits per heavy atom. The summed E-state index contributed by atoms with van der Waals surface area (Å²) in [6, 6.07) is 7.16. The Labute approximate surface area is 94.3 Å². The molecule has 0 bridgehead atoms. The number of carbonyl (C=O) groups excluding carboxylic acids is 1. The summed E-state index contributed by atoms with van der Waals surface area (Å²) >= 11 is 0. The van der Waals surface area contributed by atoms with E-state index in [1.165, 1.54) is 0 Å². The first-order chi connectivity index (χ1) is 7.74. The molecule has 2 rings (SSSR count). The van der Waals surface area contributed by atoms with Crippen LogP contribution in [-0.2, 0) is 9.53 Å². The van der Waals surface area contributed by atoms with Crippen LogP contribution >= 0.6 is 0 Å². The quantitative estimate of drug-likeness (QED) is 0.764. The van der Waals surface area contributed by atoms with E-state index in [0.29, 0.717) is 6.61 Å². The maximum absolute atomic E-state index is 11.6. The number of ether oxygens (including phenoxy) is 2. The van der Waals surface area contributed by atoms with Gasteiger partial charge in [-0.3, -0.25) is 4.79 Å². The smallest absolute Gasteiger partial charge is 0.314 e. The van der Waals surface area contributed by atoms with Crippen LogP contribution in [0.1, 0.15) is 18.5 Å². The highest BCUT2D eigenvalue weighted by molar-refractivity contribution is 5.74. The van der Waals surface area contributed by atoms with Crippen molar-refractivity contribution in [1.82, 2.24) is 0 Å². The van der Waals surface area contributed by atoms with Crippen molar-refractivity contribution < 1.29 is 14.3 Å². The predicted molar refractivity (Wildman–Crippen MR) is 59.0 cm³/mol. The summed E-state index contributed by atoms with van der Waals surface area (Å²) in [6.45, 7) is 2.43. The molecular weight excluding hydrogens is 206 g/mol. The van der Waals surface area contributed by atoms with E-state index < -0.39 is 5.92 Å². The van der Waals surface area contributed by atoms with Crippen LogP contribution in [0.4, 0.5) is 0 Å². The first-order valence-electron chi connectivity index (χ1n) is 5.38. The van der Waals surface area contributed by atoms with Gasteiger partial charge in [0, 0.05) is 11.6 Å². The highest BCUT2D eigenvalue weighted by Crippen LogP contribution is 2.33. The van der Waals surface area contributed by atoms with Crippen LogP contribution < -0.4 is 10.5 Å². The van der Waals surface area contributed by atoms with Gasteiger partial charge in [0.25, 0.3) is 0 Å². The summed E-state index contributed by atoms with van der Waals surface area (Å²) in [5.74, 6) is 0.0647. The molecule has 4 heteroatoms. The average Bonchev–Trinajstić information content (AvgIpc) is 2.30. The molecule has 2 atom stereocenters. The molecule has 0 aromatic heterocycles. The second-order valence-electron chi connectivity index (χ2n) is 3.73. The van der Waals surface area contributed by atoms with Crippen molar-refractivity contribution in [2.75, 3.05) is 13.2 Å². The lowest BCUT2D eigenvalue weighted by molar-refractivity contribution is -0.150. The lowest BCUT2D eigenvalue weighted by Crippen LogP contribution is -2.37. The van der Waals surface area contributed by atoms with Crippen LogP contribution in [0.5, 0.6) is 5.75 Å². The Morgan fingerprint density at radius 1 is 1.56 bits per heavy atom. The minimum Gasteiger partial charge on any atom is -0.492 e. The van der Waals surface area contributed by atoms with Crippen molar-refractivity contribution in [1.29, 1.82) is 0 Å². The number of benzene rings is 1. The largest absolute Gasteiger partial charge is 0.492 e. The fourth-order valence-corrected chi connectivity index (χ4v) is 1.85. The summed E-state index contributed by atoms with van der Waals surface area (Å²) in [5.41, 5.74) is 6.91. The van der Waals surface area contributed by atoms with Gasteiger partial charge in [0.2, 0.25) is 0 Å². The maximum Gasteiger partial charge on any atom is 0.314 e. The number of para-hydroxylation sites is 1. The topological polar surface area (TPSA) is 61.5 Å². The third kappa shape index (κ3) is 1.88. The van der Waals surface area contributed by atoms with Crippen LogP contribution in [0, 0.1) is 5.92 Å². The molecule has 1 aromatic carbocycles. The minimum atomic E-state index is -0.408. The highest BCUT2D eigenvalue weighted by Gasteiger charge is 2.34. The van der Waals surface area contributed by atoms with Crippen molar-refractivity contribution >= 4 is 5.97 Å². The van der Waals surface area contributed by atoms with E-state index in [2.05, 4.69) is 0 Å². The van der Waals surface area contributed by atoms with Crippen molar-refractivity contribution in [2.24, 2.45) is 11.7 Å². The van der Waals surface area contributed by atoms with Gasteiger partial charge in [-0.2, -0.15) is 0 Å². The zero-order valence-corrected chi connectivity index (χ0v) is 9.18. The molecule has 1 aliphatic rings. The SMILES string of the molecule is CCOC(=O)[C@@H]1COc2ccccc2[C@@H]1N. The van der Waals surface area contributed by atoms with Crippen molar-refractivity contribution in [3.63, 3.8) is 0 Å². The number of esters is 1. The van der Waals surface area contributed by atoms with Crippen LogP contribution in [0.15, 0.2) is 24.3 Å². The Balaban J connectivity index is 2.21. The second-order valence-corrected chi connectivity index (χ2v) is 3.73. The molecule has 0 fully saturated rings. The lowest BCUT2D eigenvalue weighted by Gasteiger charge is -2.29. The van der Waals surface area contributed by atoms with Crippen LogP contribution in [0.2, 0.25) is 0 Å². The lowest BCUT2D eigenvalue weighted by atomic mass is 9.91. The van der Waals surface area contributed by atoms with Gasteiger partial charge in [0.05, 0.1) is 6.61 Å². The van der Waals surface area contributed by atoms with Crippen LogP contribution in [0.3, 0.4) is 0 Å². The average molecular weight is 221 g/mol. The first kappa shape index (κ1) is 11.0. The van der Waals surface area contributed by atoms with Crippen molar-refractivity contribution in [3.05, 3.63) is 29.8 Å². The second kappa shape index (κ2) is 4.53. The Kier molecular flexibility index (Phi) is 3.10. The molecule has 16 heavy (non-hydrogen) atoms. The van der Waals surface area contributed by atoms with Gasteiger partial charge in [-0.25, -0.2) is 0 Å².